The largest absolute Gasteiger partial charge is 0.355 e. The number of benzene rings is 2. The molecule has 2 rings (SSSR count). The fraction of sp³-hybridized carbons (Fsp3) is 0.350. The second kappa shape index (κ2) is 10.6. The smallest absolute Gasteiger partial charge is 0.243 e. The van der Waals surface area contributed by atoms with Crippen molar-refractivity contribution in [3.63, 3.8) is 0 Å². The zero-order chi connectivity index (χ0) is 19.7. The number of carbonyl (C=O) groups is 1. The number of nitrogens with zero attached hydrogens (tertiary/aromatic N) is 1. The summed E-state index contributed by atoms with van der Waals surface area (Å²) in [6, 6.07) is 15.7. The Hall–Kier alpha value is -1.70. The van der Waals surface area contributed by atoms with Gasteiger partial charge < -0.3 is 5.32 Å². The topological polar surface area (TPSA) is 66.5 Å². The summed E-state index contributed by atoms with van der Waals surface area (Å²) in [4.78, 5) is 12.5. The van der Waals surface area contributed by atoms with Crippen molar-refractivity contribution in [2.75, 3.05) is 13.1 Å². The van der Waals surface area contributed by atoms with Gasteiger partial charge in [-0.15, -0.1) is 0 Å². The van der Waals surface area contributed by atoms with Gasteiger partial charge in [0.2, 0.25) is 15.9 Å². The van der Waals surface area contributed by atoms with Crippen molar-refractivity contribution in [3.8, 4) is 0 Å². The molecule has 7 heteroatoms. The van der Waals surface area contributed by atoms with Crippen molar-refractivity contribution in [1.29, 1.82) is 0 Å². The third-order valence-corrected chi connectivity index (χ3v) is 6.41. The average Bonchev–Trinajstić information content (AvgIpc) is 2.66. The molecule has 5 nitrogen and oxygen atoms in total. The van der Waals surface area contributed by atoms with Crippen LogP contribution in [0.15, 0.2) is 64.0 Å². The molecule has 2 aromatic carbocycles. The Morgan fingerprint density at radius 1 is 1.04 bits per heavy atom. The number of unbranched alkanes of at least 4 members (excludes halogenated alkanes) is 2. The highest BCUT2D eigenvalue weighted by Gasteiger charge is 2.26. The maximum absolute atomic E-state index is 13.1. The quantitative estimate of drug-likeness (QED) is 0.554. The van der Waals surface area contributed by atoms with Gasteiger partial charge >= 0.3 is 0 Å². The zero-order valence-electron chi connectivity index (χ0n) is 15.4. The molecule has 0 aromatic heterocycles. The Morgan fingerprint density at radius 3 is 2.33 bits per heavy atom. The molecule has 146 valence electrons. The Kier molecular flexibility index (Phi) is 8.47. The van der Waals surface area contributed by atoms with E-state index in [2.05, 4.69) is 28.2 Å². The van der Waals surface area contributed by atoms with Crippen LogP contribution in [0.2, 0.25) is 0 Å². The Bertz CT molecular complexity index is 824. The Balaban J connectivity index is 2.18. The molecule has 0 atom stereocenters. The van der Waals surface area contributed by atoms with Crippen LogP contribution in [0.1, 0.15) is 31.7 Å². The highest BCUT2D eigenvalue weighted by atomic mass is 79.9. The van der Waals surface area contributed by atoms with Gasteiger partial charge in [-0.2, -0.15) is 4.31 Å². The van der Waals surface area contributed by atoms with Gasteiger partial charge in [0.1, 0.15) is 0 Å². The van der Waals surface area contributed by atoms with Crippen LogP contribution < -0.4 is 5.32 Å². The first-order valence-corrected chi connectivity index (χ1v) is 11.2. The van der Waals surface area contributed by atoms with E-state index in [1.165, 1.54) is 16.4 Å². The van der Waals surface area contributed by atoms with E-state index in [4.69, 9.17) is 0 Å². The number of nitrogens with one attached hydrogen (secondary N) is 1. The van der Waals surface area contributed by atoms with Gasteiger partial charge in [-0.1, -0.05) is 66.0 Å². The normalized spacial score (nSPS) is 11.5. The molecular weight excluding hydrogens is 428 g/mol. The van der Waals surface area contributed by atoms with Crippen LogP contribution in [0.3, 0.4) is 0 Å². The van der Waals surface area contributed by atoms with Gasteiger partial charge in [0.15, 0.2) is 0 Å². The lowest BCUT2D eigenvalue weighted by Gasteiger charge is -2.22. The van der Waals surface area contributed by atoms with E-state index in [0.29, 0.717) is 6.54 Å². The van der Waals surface area contributed by atoms with Crippen molar-refractivity contribution in [2.45, 2.75) is 37.6 Å². The van der Waals surface area contributed by atoms with E-state index in [1.807, 2.05) is 30.3 Å². The summed E-state index contributed by atoms with van der Waals surface area (Å²) in [6.45, 7) is 2.58. The van der Waals surface area contributed by atoms with Crippen molar-refractivity contribution >= 4 is 31.9 Å². The first kappa shape index (κ1) is 21.6. The molecule has 0 saturated heterocycles. The molecule has 0 aliphatic carbocycles. The fourth-order valence-electron chi connectivity index (χ4n) is 2.59. The van der Waals surface area contributed by atoms with Crippen LogP contribution in [0, 0.1) is 0 Å². The van der Waals surface area contributed by atoms with Crippen molar-refractivity contribution in [3.05, 3.63) is 64.6 Å². The fourth-order valence-corrected chi connectivity index (χ4v) is 4.24. The summed E-state index contributed by atoms with van der Waals surface area (Å²) in [7, 11) is -3.79. The number of hydrogen-bond acceptors (Lipinski definition) is 3. The number of sulfonamides is 1. The van der Waals surface area contributed by atoms with E-state index < -0.39 is 10.0 Å². The van der Waals surface area contributed by atoms with Gasteiger partial charge in [-0.25, -0.2) is 8.42 Å². The summed E-state index contributed by atoms with van der Waals surface area (Å²) in [6.07, 6.45) is 2.99. The maximum Gasteiger partial charge on any atom is 0.243 e. The number of hydrogen-bond donors (Lipinski definition) is 1. The summed E-state index contributed by atoms with van der Waals surface area (Å²) in [5.41, 5.74) is 0.831. The van der Waals surface area contributed by atoms with E-state index >= 15 is 0 Å². The molecule has 0 saturated carbocycles. The molecule has 0 aliphatic heterocycles. The lowest BCUT2D eigenvalue weighted by molar-refractivity contribution is -0.121. The highest BCUT2D eigenvalue weighted by Crippen LogP contribution is 2.20. The average molecular weight is 453 g/mol. The lowest BCUT2D eigenvalue weighted by atomic mass is 10.2. The molecule has 0 unspecified atom stereocenters. The molecule has 0 aliphatic rings. The first-order valence-electron chi connectivity index (χ1n) is 9.00. The number of rotatable bonds is 10. The maximum atomic E-state index is 13.1. The van der Waals surface area contributed by atoms with E-state index in [-0.39, 0.29) is 23.9 Å². The predicted molar refractivity (Wildman–Crippen MR) is 111 cm³/mol. The Labute approximate surface area is 170 Å². The van der Waals surface area contributed by atoms with Crippen molar-refractivity contribution < 1.29 is 13.2 Å². The molecule has 1 N–H and O–H groups in total. The van der Waals surface area contributed by atoms with Crippen molar-refractivity contribution in [2.24, 2.45) is 0 Å². The number of amides is 1. The second-order valence-corrected chi connectivity index (χ2v) is 9.12. The van der Waals surface area contributed by atoms with Gasteiger partial charge in [-0.05, 0) is 36.2 Å². The molecule has 0 fully saturated rings. The number of halogens is 1. The molecule has 2 aromatic rings. The summed E-state index contributed by atoms with van der Waals surface area (Å²) < 4.78 is 28.2. The van der Waals surface area contributed by atoms with Crippen LogP contribution in [0.4, 0.5) is 0 Å². The lowest BCUT2D eigenvalue weighted by Crippen LogP contribution is -2.40. The van der Waals surface area contributed by atoms with Gasteiger partial charge in [-0.3, -0.25) is 4.79 Å². The standard InChI is InChI=1S/C20H25BrN2O3S/c1-2-3-7-14-22-20(24)16-23(15-17-8-5-4-6-9-17)27(25,26)19-12-10-18(21)11-13-19/h4-6,8-13H,2-3,7,14-16H2,1H3,(H,22,24). The summed E-state index contributed by atoms with van der Waals surface area (Å²) in [5, 5.41) is 2.81. The zero-order valence-corrected chi connectivity index (χ0v) is 17.8. The minimum atomic E-state index is -3.79. The second-order valence-electron chi connectivity index (χ2n) is 6.27. The van der Waals surface area contributed by atoms with Gasteiger partial charge in [0, 0.05) is 17.6 Å². The van der Waals surface area contributed by atoms with E-state index in [1.54, 1.807) is 12.1 Å². The third kappa shape index (κ3) is 6.75. The van der Waals surface area contributed by atoms with Crippen LogP contribution in [-0.2, 0) is 21.4 Å². The van der Waals surface area contributed by atoms with E-state index in [9.17, 15) is 13.2 Å². The first-order chi connectivity index (χ1) is 12.9. The third-order valence-electron chi connectivity index (χ3n) is 4.08. The SMILES string of the molecule is CCCCCNC(=O)CN(Cc1ccccc1)S(=O)(=O)c1ccc(Br)cc1. The van der Waals surface area contributed by atoms with Gasteiger partial charge in [0.05, 0.1) is 11.4 Å². The Morgan fingerprint density at radius 2 is 1.70 bits per heavy atom. The minimum Gasteiger partial charge on any atom is -0.355 e. The summed E-state index contributed by atoms with van der Waals surface area (Å²) in [5.74, 6) is -0.289. The van der Waals surface area contributed by atoms with Crippen LogP contribution in [0.25, 0.3) is 0 Å². The van der Waals surface area contributed by atoms with Crippen LogP contribution in [0.5, 0.6) is 0 Å². The molecule has 1 amide bonds. The molecule has 0 spiro atoms. The summed E-state index contributed by atoms with van der Waals surface area (Å²) >= 11 is 3.31. The van der Waals surface area contributed by atoms with Crippen LogP contribution in [-0.4, -0.2) is 31.7 Å². The number of carbonyl (C=O) groups excluding carboxylic acids is 1. The molecule has 27 heavy (non-hydrogen) atoms. The van der Waals surface area contributed by atoms with Gasteiger partial charge in [0.25, 0.3) is 0 Å². The predicted octanol–water partition coefficient (Wildman–Crippen LogP) is 3.95. The van der Waals surface area contributed by atoms with Crippen molar-refractivity contribution in [1.82, 2.24) is 9.62 Å². The minimum absolute atomic E-state index is 0.140. The highest BCUT2D eigenvalue weighted by molar-refractivity contribution is 9.10. The molecular formula is C20H25BrN2O3S. The molecule has 0 heterocycles. The van der Waals surface area contributed by atoms with E-state index in [0.717, 1.165) is 29.3 Å². The molecule has 0 radical (unpaired) electrons. The monoisotopic (exact) mass is 452 g/mol. The van der Waals surface area contributed by atoms with Crippen LogP contribution >= 0.6 is 15.9 Å². The molecule has 0 bridgehead atoms.